The number of alkyl halides is 3. The van der Waals surface area contributed by atoms with Crippen molar-refractivity contribution in [3.8, 4) is 5.88 Å². The van der Waals surface area contributed by atoms with Gasteiger partial charge in [0.1, 0.15) is 29.4 Å². The lowest BCUT2D eigenvalue weighted by Gasteiger charge is -2.32. The molecular weight excluding hydrogens is 441 g/mol. The number of rotatable bonds is 5. The lowest BCUT2D eigenvalue weighted by Crippen LogP contribution is -2.35. The van der Waals surface area contributed by atoms with Gasteiger partial charge in [0.05, 0.1) is 6.20 Å². The third-order valence-electron chi connectivity index (χ3n) is 5.61. The molecule has 0 radical (unpaired) electrons. The molecule has 1 aliphatic carbocycles. The van der Waals surface area contributed by atoms with Gasteiger partial charge in [-0.3, -0.25) is 4.79 Å². The molecular formula is C20H23F3N8O2. The molecule has 1 amide bonds. The van der Waals surface area contributed by atoms with E-state index in [2.05, 4.69) is 30.3 Å². The molecule has 0 bridgehead atoms. The van der Waals surface area contributed by atoms with Crippen molar-refractivity contribution in [2.24, 2.45) is 0 Å². The molecule has 0 unspecified atom stereocenters. The van der Waals surface area contributed by atoms with Crippen molar-refractivity contribution >= 4 is 23.1 Å². The maximum atomic E-state index is 13.1. The van der Waals surface area contributed by atoms with E-state index in [1.807, 2.05) is 14.1 Å². The summed E-state index contributed by atoms with van der Waals surface area (Å²) in [6.07, 6.45) is 2.50. The molecule has 13 heteroatoms. The van der Waals surface area contributed by atoms with Crippen LogP contribution in [0.1, 0.15) is 41.7 Å². The lowest BCUT2D eigenvalue weighted by molar-refractivity contribution is -0.141. The summed E-state index contributed by atoms with van der Waals surface area (Å²) in [6.45, 7) is 0. The van der Waals surface area contributed by atoms with Crippen LogP contribution in [0.25, 0.3) is 5.65 Å². The highest BCUT2D eigenvalue weighted by Crippen LogP contribution is 2.31. The van der Waals surface area contributed by atoms with Crippen LogP contribution >= 0.6 is 0 Å². The monoisotopic (exact) mass is 464 g/mol. The third kappa shape index (κ3) is 4.82. The first-order valence-corrected chi connectivity index (χ1v) is 10.3. The zero-order chi connectivity index (χ0) is 23.8. The van der Waals surface area contributed by atoms with Gasteiger partial charge in [0.15, 0.2) is 11.5 Å². The topological polar surface area (TPSA) is 124 Å². The minimum atomic E-state index is -4.69. The standard InChI is InChI=1S/C20H23F3N8O2/c1-30(2)11-3-5-12(6-4-11)33-19-13(9-25-10-26-19)27-18(32)15-16(24)29-31-8-7-14(20(21,22)23)28-17(15)31/h7-12H,3-6H2,1-2H3,(H2,24,29)(H,27,32). The Morgan fingerprint density at radius 3 is 2.67 bits per heavy atom. The predicted octanol–water partition coefficient (Wildman–Crippen LogP) is 2.62. The fourth-order valence-corrected chi connectivity index (χ4v) is 3.84. The largest absolute Gasteiger partial charge is 0.473 e. The Bertz CT molecular complexity index is 1160. The van der Waals surface area contributed by atoms with Crippen LogP contribution in [0.2, 0.25) is 0 Å². The number of nitrogen functional groups attached to an aromatic ring is 1. The predicted molar refractivity (Wildman–Crippen MR) is 113 cm³/mol. The minimum absolute atomic E-state index is 0.0789. The minimum Gasteiger partial charge on any atom is -0.473 e. The van der Waals surface area contributed by atoms with Crippen molar-refractivity contribution in [1.29, 1.82) is 0 Å². The molecule has 4 rings (SSSR count). The molecule has 10 nitrogen and oxygen atoms in total. The van der Waals surface area contributed by atoms with Gasteiger partial charge in [0, 0.05) is 12.2 Å². The second kappa shape index (κ2) is 8.81. The van der Waals surface area contributed by atoms with E-state index in [1.165, 1.54) is 12.5 Å². The summed E-state index contributed by atoms with van der Waals surface area (Å²) in [7, 11) is 4.09. The number of hydrogen-bond acceptors (Lipinski definition) is 8. The number of nitrogens with zero attached hydrogens (tertiary/aromatic N) is 6. The van der Waals surface area contributed by atoms with Gasteiger partial charge in [0.2, 0.25) is 5.88 Å². The first-order chi connectivity index (χ1) is 15.6. The highest BCUT2D eigenvalue weighted by atomic mass is 19.4. The average Bonchev–Trinajstić information content (AvgIpc) is 3.10. The Morgan fingerprint density at radius 2 is 2.00 bits per heavy atom. The molecule has 1 aliphatic rings. The number of halogens is 3. The molecule has 0 spiro atoms. The number of anilines is 2. The maximum absolute atomic E-state index is 13.1. The van der Waals surface area contributed by atoms with Crippen molar-refractivity contribution in [3.63, 3.8) is 0 Å². The zero-order valence-corrected chi connectivity index (χ0v) is 18.0. The molecule has 0 aliphatic heterocycles. The van der Waals surface area contributed by atoms with Crippen LogP contribution in [0.15, 0.2) is 24.8 Å². The molecule has 3 aromatic heterocycles. The van der Waals surface area contributed by atoms with E-state index in [0.29, 0.717) is 6.04 Å². The Labute approximate surface area is 187 Å². The molecule has 3 aromatic rings. The molecule has 176 valence electrons. The van der Waals surface area contributed by atoms with E-state index >= 15 is 0 Å². The van der Waals surface area contributed by atoms with Crippen molar-refractivity contribution < 1.29 is 22.7 Å². The maximum Gasteiger partial charge on any atom is 0.433 e. The Kier molecular flexibility index (Phi) is 6.06. The second-order valence-corrected chi connectivity index (χ2v) is 8.05. The summed E-state index contributed by atoms with van der Waals surface area (Å²) in [5.41, 5.74) is 4.21. The van der Waals surface area contributed by atoms with E-state index in [4.69, 9.17) is 10.5 Å². The van der Waals surface area contributed by atoms with Crippen molar-refractivity contribution in [2.75, 3.05) is 25.1 Å². The number of aromatic nitrogens is 5. The number of nitrogens with one attached hydrogen (secondary N) is 1. The molecule has 33 heavy (non-hydrogen) atoms. The normalized spacial score (nSPS) is 19.1. The summed E-state index contributed by atoms with van der Waals surface area (Å²) in [5.74, 6) is -0.892. The number of nitrogens with two attached hydrogens (primary N) is 1. The smallest absolute Gasteiger partial charge is 0.433 e. The van der Waals surface area contributed by atoms with Crippen LogP contribution in [0, 0.1) is 0 Å². The molecule has 0 aromatic carbocycles. The number of carbonyl (C=O) groups excluding carboxylic acids is 1. The molecule has 3 heterocycles. The number of hydrogen-bond donors (Lipinski definition) is 2. The molecule has 1 fully saturated rings. The van der Waals surface area contributed by atoms with Crippen molar-refractivity contribution in [1.82, 2.24) is 29.5 Å². The fourth-order valence-electron chi connectivity index (χ4n) is 3.84. The SMILES string of the molecule is CN(C)C1CCC(Oc2ncncc2NC(=O)c2c(N)nn3ccc(C(F)(F)F)nc23)CC1. The van der Waals surface area contributed by atoms with Crippen LogP contribution in [0.5, 0.6) is 5.88 Å². The first kappa shape index (κ1) is 22.7. The summed E-state index contributed by atoms with van der Waals surface area (Å²) >= 11 is 0. The van der Waals surface area contributed by atoms with E-state index in [9.17, 15) is 18.0 Å². The quantitative estimate of drug-likeness (QED) is 0.591. The Hall–Kier alpha value is -3.48. The number of amides is 1. The van der Waals surface area contributed by atoms with Gasteiger partial charge in [0.25, 0.3) is 5.91 Å². The fraction of sp³-hybridized carbons (Fsp3) is 0.450. The summed E-state index contributed by atoms with van der Waals surface area (Å²) in [6, 6.07) is 1.24. The van der Waals surface area contributed by atoms with Gasteiger partial charge < -0.3 is 20.7 Å². The second-order valence-electron chi connectivity index (χ2n) is 8.05. The van der Waals surface area contributed by atoms with Gasteiger partial charge in [-0.15, -0.1) is 5.10 Å². The highest BCUT2D eigenvalue weighted by molar-refractivity contribution is 6.11. The third-order valence-corrected chi connectivity index (χ3v) is 5.61. The molecule has 0 saturated heterocycles. The molecule has 1 saturated carbocycles. The van der Waals surface area contributed by atoms with E-state index < -0.39 is 17.8 Å². The van der Waals surface area contributed by atoms with Crippen LogP contribution in [-0.2, 0) is 6.18 Å². The Morgan fingerprint density at radius 1 is 1.27 bits per heavy atom. The zero-order valence-electron chi connectivity index (χ0n) is 18.0. The van der Waals surface area contributed by atoms with Crippen LogP contribution in [0.3, 0.4) is 0 Å². The van der Waals surface area contributed by atoms with Crippen LogP contribution < -0.4 is 15.8 Å². The van der Waals surface area contributed by atoms with Crippen molar-refractivity contribution in [2.45, 2.75) is 44.0 Å². The highest BCUT2D eigenvalue weighted by Gasteiger charge is 2.34. The molecule has 0 atom stereocenters. The van der Waals surface area contributed by atoms with E-state index in [-0.39, 0.29) is 34.7 Å². The van der Waals surface area contributed by atoms with E-state index in [0.717, 1.165) is 42.5 Å². The van der Waals surface area contributed by atoms with Gasteiger partial charge >= 0.3 is 6.18 Å². The van der Waals surface area contributed by atoms with Crippen molar-refractivity contribution in [3.05, 3.63) is 36.0 Å². The van der Waals surface area contributed by atoms with Crippen LogP contribution in [-0.4, -0.2) is 61.6 Å². The van der Waals surface area contributed by atoms with Crippen LogP contribution in [0.4, 0.5) is 24.7 Å². The Balaban J connectivity index is 1.55. The van der Waals surface area contributed by atoms with Gasteiger partial charge in [-0.05, 0) is 45.8 Å². The first-order valence-electron chi connectivity index (χ1n) is 10.3. The number of fused-ring (bicyclic) bond motifs is 1. The van der Waals surface area contributed by atoms with E-state index in [1.54, 1.807) is 0 Å². The number of ether oxygens (including phenoxy) is 1. The lowest BCUT2D eigenvalue weighted by atomic mass is 9.92. The van der Waals surface area contributed by atoms with Gasteiger partial charge in [-0.25, -0.2) is 14.5 Å². The number of carbonyl (C=O) groups is 1. The van der Waals surface area contributed by atoms with Gasteiger partial charge in [-0.1, -0.05) is 0 Å². The average molecular weight is 464 g/mol. The summed E-state index contributed by atoms with van der Waals surface area (Å²) < 4.78 is 46.3. The van der Waals surface area contributed by atoms with Gasteiger partial charge in [-0.2, -0.15) is 18.2 Å². The summed E-state index contributed by atoms with van der Waals surface area (Å²) in [5, 5.41) is 6.44. The summed E-state index contributed by atoms with van der Waals surface area (Å²) in [4.78, 5) is 26.7. The molecule has 3 N–H and O–H groups in total.